The van der Waals surface area contributed by atoms with Gasteiger partial charge in [-0.2, -0.15) is 5.10 Å². The van der Waals surface area contributed by atoms with Gasteiger partial charge in [0.1, 0.15) is 5.75 Å². The third-order valence-electron chi connectivity index (χ3n) is 3.99. The van der Waals surface area contributed by atoms with E-state index in [0.29, 0.717) is 27.6 Å². The summed E-state index contributed by atoms with van der Waals surface area (Å²) in [5.41, 5.74) is 3.37. The van der Waals surface area contributed by atoms with Crippen LogP contribution in [0.1, 0.15) is 15.9 Å². The molecule has 0 aliphatic heterocycles. The van der Waals surface area contributed by atoms with Crippen LogP contribution in [0.2, 0.25) is 5.02 Å². The Labute approximate surface area is 184 Å². The molecule has 0 aliphatic carbocycles. The van der Waals surface area contributed by atoms with Crippen LogP contribution in [-0.2, 0) is 4.79 Å². The first-order valence-corrected chi connectivity index (χ1v) is 9.58. The zero-order chi connectivity index (χ0) is 22.1. The highest BCUT2D eigenvalue weighted by Gasteiger charge is 2.12. The second kappa shape index (κ2) is 10.8. The summed E-state index contributed by atoms with van der Waals surface area (Å²) in [6, 6.07) is 20.2. The Morgan fingerprint density at radius 1 is 1.00 bits per heavy atom. The first kappa shape index (κ1) is 21.9. The Kier molecular flexibility index (Phi) is 7.61. The second-order valence-corrected chi connectivity index (χ2v) is 6.64. The summed E-state index contributed by atoms with van der Waals surface area (Å²) in [7, 11) is 1.48. The summed E-state index contributed by atoms with van der Waals surface area (Å²) in [6.07, 6.45) is 1.42. The summed E-state index contributed by atoms with van der Waals surface area (Å²) in [4.78, 5) is 24.2. The molecular formula is C23H19ClN2O5. The average molecular weight is 439 g/mol. The van der Waals surface area contributed by atoms with Gasteiger partial charge in [0.25, 0.3) is 5.91 Å². The maximum atomic E-state index is 12.3. The molecule has 0 heterocycles. The van der Waals surface area contributed by atoms with Crippen LogP contribution in [0.5, 0.6) is 17.2 Å². The first-order valence-electron chi connectivity index (χ1n) is 9.20. The van der Waals surface area contributed by atoms with E-state index >= 15 is 0 Å². The summed E-state index contributed by atoms with van der Waals surface area (Å²) in [5.74, 6) is 0.194. The molecule has 0 saturated heterocycles. The monoisotopic (exact) mass is 438 g/mol. The zero-order valence-corrected chi connectivity index (χ0v) is 17.3. The predicted octanol–water partition coefficient (Wildman–Crippen LogP) is 4.10. The summed E-state index contributed by atoms with van der Waals surface area (Å²) >= 11 is 5.80. The van der Waals surface area contributed by atoms with E-state index in [2.05, 4.69) is 10.5 Å². The Balaban J connectivity index is 1.58. The van der Waals surface area contributed by atoms with Crippen LogP contribution in [0, 0.1) is 0 Å². The molecule has 3 rings (SSSR count). The number of nitrogens with zero attached hydrogens (tertiary/aromatic N) is 1. The van der Waals surface area contributed by atoms with Crippen molar-refractivity contribution in [2.75, 3.05) is 13.7 Å². The van der Waals surface area contributed by atoms with Crippen LogP contribution in [0.3, 0.4) is 0 Å². The molecule has 0 aromatic heterocycles. The molecule has 3 aromatic carbocycles. The molecule has 0 saturated carbocycles. The molecule has 0 radical (unpaired) electrons. The number of esters is 1. The molecule has 31 heavy (non-hydrogen) atoms. The topological polar surface area (TPSA) is 86.2 Å². The smallest absolute Gasteiger partial charge is 0.343 e. The molecule has 1 amide bonds. The number of hydrogen-bond donors (Lipinski definition) is 1. The third-order valence-corrected chi connectivity index (χ3v) is 4.24. The van der Waals surface area contributed by atoms with E-state index in [0.717, 1.165) is 0 Å². The number of carbonyl (C=O) groups is 2. The SMILES string of the molecule is COc1ccc(C=NNC(=O)COc2ccc(Cl)cc2)cc1OC(=O)c1ccccc1. The van der Waals surface area contributed by atoms with Crippen LogP contribution in [-0.4, -0.2) is 31.8 Å². The number of carbonyl (C=O) groups excluding carboxylic acids is 2. The normalized spacial score (nSPS) is 10.5. The lowest BCUT2D eigenvalue weighted by Gasteiger charge is -2.10. The molecular weight excluding hydrogens is 420 g/mol. The average Bonchev–Trinajstić information content (AvgIpc) is 2.79. The molecule has 0 bridgehead atoms. The van der Waals surface area contributed by atoms with E-state index in [-0.39, 0.29) is 12.4 Å². The van der Waals surface area contributed by atoms with Gasteiger partial charge in [0, 0.05) is 5.02 Å². The van der Waals surface area contributed by atoms with Crippen molar-refractivity contribution in [1.29, 1.82) is 0 Å². The summed E-state index contributed by atoms with van der Waals surface area (Å²) < 4.78 is 16.0. The van der Waals surface area contributed by atoms with Crippen molar-refractivity contribution in [2.24, 2.45) is 5.10 Å². The van der Waals surface area contributed by atoms with E-state index in [1.807, 2.05) is 6.07 Å². The van der Waals surface area contributed by atoms with Crippen molar-refractivity contribution in [3.05, 3.63) is 88.9 Å². The van der Waals surface area contributed by atoms with Crippen LogP contribution in [0.25, 0.3) is 0 Å². The van der Waals surface area contributed by atoms with Gasteiger partial charge in [0.2, 0.25) is 0 Å². The highest BCUT2D eigenvalue weighted by atomic mass is 35.5. The third kappa shape index (κ3) is 6.58. The van der Waals surface area contributed by atoms with Gasteiger partial charge in [-0.05, 0) is 60.2 Å². The summed E-state index contributed by atoms with van der Waals surface area (Å²) in [6.45, 7) is -0.207. The van der Waals surface area contributed by atoms with Gasteiger partial charge < -0.3 is 14.2 Å². The van der Waals surface area contributed by atoms with Crippen LogP contribution >= 0.6 is 11.6 Å². The van der Waals surface area contributed by atoms with Gasteiger partial charge in [-0.3, -0.25) is 4.79 Å². The van der Waals surface area contributed by atoms with Crippen molar-refractivity contribution >= 4 is 29.7 Å². The molecule has 7 nitrogen and oxygen atoms in total. The van der Waals surface area contributed by atoms with Gasteiger partial charge >= 0.3 is 5.97 Å². The molecule has 8 heteroatoms. The van der Waals surface area contributed by atoms with Crippen LogP contribution < -0.4 is 19.6 Å². The van der Waals surface area contributed by atoms with Gasteiger partial charge in [0.15, 0.2) is 18.1 Å². The fraction of sp³-hybridized carbons (Fsp3) is 0.0870. The fourth-order valence-electron chi connectivity index (χ4n) is 2.48. The first-order chi connectivity index (χ1) is 15.0. The molecule has 1 N–H and O–H groups in total. The summed E-state index contributed by atoms with van der Waals surface area (Å²) in [5, 5.41) is 4.47. The minimum Gasteiger partial charge on any atom is -0.493 e. The predicted molar refractivity (Wildman–Crippen MR) is 117 cm³/mol. The zero-order valence-electron chi connectivity index (χ0n) is 16.6. The highest BCUT2D eigenvalue weighted by Crippen LogP contribution is 2.28. The number of nitrogens with one attached hydrogen (secondary N) is 1. The number of benzene rings is 3. The van der Waals surface area contributed by atoms with Crippen molar-refractivity contribution in [1.82, 2.24) is 5.43 Å². The Morgan fingerprint density at radius 3 is 2.45 bits per heavy atom. The number of hydrazone groups is 1. The van der Waals surface area contributed by atoms with E-state index in [9.17, 15) is 9.59 Å². The lowest BCUT2D eigenvalue weighted by Crippen LogP contribution is -2.24. The maximum absolute atomic E-state index is 12.3. The molecule has 158 valence electrons. The Bertz CT molecular complexity index is 1070. The van der Waals surface area contributed by atoms with E-state index in [1.165, 1.54) is 13.3 Å². The van der Waals surface area contributed by atoms with Gasteiger partial charge in [-0.15, -0.1) is 0 Å². The largest absolute Gasteiger partial charge is 0.493 e. The van der Waals surface area contributed by atoms with Crippen LogP contribution in [0.4, 0.5) is 0 Å². The Hall–Kier alpha value is -3.84. The molecule has 0 spiro atoms. The van der Waals surface area contributed by atoms with E-state index in [4.69, 9.17) is 25.8 Å². The Morgan fingerprint density at radius 2 is 1.74 bits per heavy atom. The standard InChI is InChI=1S/C23H19ClN2O5/c1-29-20-12-7-16(13-21(20)31-23(28)17-5-3-2-4-6-17)14-25-26-22(27)15-30-19-10-8-18(24)9-11-19/h2-14H,15H2,1H3,(H,26,27). The number of methoxy groups -OCH3 is 1. The molecule has 3 aromatic rings. The number of rotatable bonds is 8. The lowest BCUT2D eigenvalue weighted by atomic mass is 10.2. The maximum Gasteiger partial charge on any atom is 0.343 e. The van der Waals surface area contributed by atoms with Crippen molar-refractivity contribution in [3.8, 4) is 17.2 Å². The second-order valence-electron chi connectivity index (χ2n) is 6.20. The molecule has 0 aliphatic rings. The van der Waals surface area contributed by atoms with Crippen molar-refractivity contribution in [3.63, 3.8) is 0 Å². The number of ether oxygens (including phenoxy) is 3. The number of halogens is 1. The van der Waals surface area contributed by atoms with E-state index < -0.39 is 11.9 Å². The minimum absolute atomic E-state index is 0.207. The quantitative estimate of drug-likeness (QED) is 0.248. The molecule has 0 atom stereocenters. The van der Waals surface area contributed by atoms with E-state index in [1.54, 1.807) is 66.7 Å². The number of hydrogen-bond acceptors (Lipinski definition) is 6. The molecule has 0 fully saturated rings. The molecule has 0 unspecified atom stereocenters. The van der Waals surface area contributed by atoms with Crippen molar-refractivity contribution < 1.29 is 23.8 Å². The van der Waals surface area contributed by atoms with Crippen molar-refractivity contribution in [2.45, 2.75) is 0 Å². The van der Waals surface area contributed by atoms with Gasteiger partial charge in [-0.1, -0.05) is 29.8 Å². The lowest BCUT2D eigenvalue weighted by molar-refractivity contribution is -0.123. The van der Waals surface area contributed by atoms with Gasteiger partial charge in [0.05, 0.1) is 18.9 Å². The van der Waals surface area contributed by atoms with Crippen LogP contribution in [0.15, 0.2) is 77.9 Å². The fourth-order valence-corrected chi connectivity index (χ4v) is 2.60. The minimum atomic E-state index is -0.513. The number of amides is 1. The highest BCUT2D eigenvalue weighted by molar-refractivity contribution is 6.30. The van der Waals surface area contributed by atoms with Gasteiger partial charge in [-0.25, -0.2) is 10.2 Å².